The van der Waals surface area contributed by atoms with Crippen LogP contribution in [0.5, 0.6) is 0 Å². The molecule has 1 N–H and O–H groups in total. The number of alkyl halides is 3. The Bertz CT molecular complexity index is 585. The lowest BCUT2D eigenvalue weighted by Gasteiger charge is -2.12. The number of thioether (sulfide) groups is 1. The molecule has 5 nitrogen and oxygen atoms in total. The summed E-state index contributed by atoms with van der Waals surface area (Å²) in [5, 5.41) is 11.4. The molecule has 9 heteroatoms. The first-order valence-electron chi connectivity index (χ1n) is 6.17. The average molecular weight is 333 g/mol. The molecule has 1 heterocycles. The third kappa shape index (κ3) is 5.20. The lowest BCUT2D eigenvalue weighted by molar-refractivity contribution is -0.138. The van der Waals surface area contributed by atoms with E-state index in [4.69, 9.17) is 10.00 Å². The molecule has 1 amide bonds. The van der Waals surface area contributed by atoms with Crippen LogP contribution >= 0.6 is 11.8 Å². The van der Waals surface area contributed by atoms with E-state index in [0.29, 0.717) is 13.2 Å². The highest BCUT2D eigenvalue weighted by Crippen LogP contribution is 2.35. The number of hydrogen-bond donors (Lipinski definition) is 1. The van der Waals surface area contributed by atoms with E-state index in [1.54, 1.807) is 0 Å². The number of ether oxygens (including phenoxy) is 1. The number of nitrogens with zero attached hydrogens (tertiary/aromatic N) is 2. The Morgan fingerprint density at radius 1 is 1.55 bits per heavy atom. The second-order valence-electron chi connectivity index (χ2n) is 4.23. The molecule has 0 atom stereocenters. The molecule has 0 unspecified atom stereocenters. The maximum Gasteiger partial charge on any atom is 0.417 e. The number of methoxy groups -OCH3 is 1. The van der Waals surface area contributed by atoms with Gasteiger partial charge in [-0.25, -0.2) is 4.98 Å². The van der Waals surface area contributed by atoms with Gasteiger partial charge in [0, 0.05) is 19.3 Å². The van der Waals surface area contributed by atoms with Gasteiger partial charge in [-0.3, -0.25) is 4.79 Å². The van der Waals surface area contributed by atoms with Crippen molar-refractivity contribution in [3.8, 4) is 6.07 Å². The van der Waals surface area contributed by atoms with Gasteiger partial charge in [0.05, 0.1) is 23.5 Å². The number of aromatic nitrogens is 1. The molecule has 0 radical (unpaired) electrons. The molecule has 120 valence electrons. The molecule has 0 aliphatic rings. The predicted octanol–water partition coefficient (Wildman–Crippen LogP) is 2.14. The largest absolute Gasteiger partial charge is 0.417 e. The second kappa shape index (κ2) is 8.00. The van der Waals surface area contributed by atoms with Crippen molar-refractivity contribution in [2.45, 2.75) is 18.1 Å². The van der Waals surface area contributed by atoms with E-state index in [-0.39, 0.29) is 22.4 Å². The van der Waals surface area contributed by atoms with E-state index in [9.17, 15) is 18.0 Å². The van der Waals surface area contributed by atoms with Gasteiger partial charge in [-0.2, -0.15) is 18.4 Å². The molecule has 1 rings (SSSR count). The molecule has 22 heavy (non-hydrogen) atoms. The molecular weight excluding hydrogens is 319 g/mol. The molecule has 0 aliphatic carbocycles. The first-order chi connectivity index (χ1) is 10.3. The zero-order valence-electron chi connectivity index (χ0n) is 12.0. The van der Waals surface area contributed by atoms with Crippen LogP contribution in [-0.2, 0) is 15.7 Å². The SMILES string of the molecule is COCCNC(=O)CSc1nc(C)cc(C(F)(F)F)c1C#N. The first kappa shape index (κ1) is 18.3. The Kier molecular flexibility index (Phi) is 6.64. The van der Waals surface area contributed by atoms with Crippen LogP contribution in [0.2, 0.25) is 0 Å². The fourth-order valence-corrected chi connectivity index (χ4v) is 2.44. The van der Waals surface area contributed by atoms with Crippen LogP contribution in [0.15, 0.2) is 11.1 Å². The monoisotopic (exact) mass is 333 g/mol. The van der Waals surface area contributed by atoms with Crippen LogP contribution in [-0.4, -0.2) is 36.9 Å². The average Bonchev–Trinajstić information content (AvgIpc) is 2.43. The van der Waals surface area contributed by atoms with Gasteiger partial charge in [-0.1, -0.05) is 11.8 Å². The number of pyridine rings is 1. The van der Waals surface area contributed by atoms with Crippen LogP contribution in [0.3, 0.4) is 0 Å². The van der Waals surface area contributed by atoms with Crippen molar-refractivity contribution in [3.63, 3.8) is 0 Å². The molecule has 0 bridgehead atoms. The van der Waals surface area contributed by atoms with Crippen LogP contribution in [0, 0.1) is 18.3 Å². The summed E-state index contributed by atoms with van der Waals surface area (Å²) < 4.78 is 43.5. The Hall–Kier alpha value is -1.79. The lowest BCUT2D eigenvalue weighted by Crippen LogP contribution is -2.28. The number of carbonyl (C=O) groups excluding carboxylic acids is 1. The third-order valence-electron chi connectivity index (χ3n) is 2.50. The van der Waals surface area contributed by atoms with Crippen LogP contribution < -0.4 is 5.32 Å². The zero-order valence-corrected chi connectivity index (χ0v) is 12.8. The number of aryl methyl sites for hydroxylation is 1. The molecule has 1 aromatic heterocycles. The second-order valence-corrected chi connectivity index (χ2v) is 5.20. The Morgan fingerprint density at radius 3 is 2.77 bits per heavy atom. The molecule has 0 saturated carbocycles. The highest BCUT2D eigenvalue weighted by Gasteiger charge is 2.35. The Labute approximate surface area is 129 Å². The third-order valence-corrected chi connectivity index (χ3v) is 3.48. The number of nitriles is 1. The van der Waals surface area contributed by atoms with Gasteiger partial charge in [0.2, 0.25) is 5.91 Å². The van der Waals surface area contributed by atoms with Gasteiger partial charge in [-0.15, -0.1) is 0 Å². The van der Waals surface area contributed by atoms with E-state index in [2.05, 4.69) is 10.3 Å². The van der Waals surface area contributed by atoms with Crippen molar-refractivity contribution in [2.24, 2.45) is 0 Å². The highest BCUT2D eigenvalue weighted by molar-refractivity contribution is 8.00. The van der Waals surface area contributed by atoms with E-state index in [1.165, 1.54) is 20.1 Å². The van der Waals surface area contributed by atoms with Crippen molar-refractivity contribution in [3.05, 3.63) is 22.9 Å². The van der Waals surface area contributed by atoms with Gasteiger partial charge in [0.25, 0.3) is 0 Å². The standard InChI is InChI=1S/C13H14F3N3O2S/c1-8-5-10(13(14,15)16)9(6-17)12(19-8)22-7-11(20)18-3-4-21-2/h5H,3-4,7H2,1-2H3,(H,18,20). The zero-order chi connectivity index (χ0) is 16.8. The first-order valence-corrected chi connectivity index (χ1v) is 7.15. The van der Waals surface area contributed by atoms with Crippen LogP contribution in [0.1, 0.15) is 16.8 Å². The Morgan fingerprint density at radius 2 is 2.23 bits per heavy atom. The van der Waals surface area contributed by atoms with Gasteiger partial charge in [0.1, 0.15) is 11.1 Å². The molecule has 0 saturated heterocycles. The maximum absolute atomic E-state index is 12.9. The van der Waals surface area contributed by atoms with Crippen molar-refractivity contribution in [1.29, 1.82) is 5.26 Å². The normalized spacial score (nSPS) is 11.1. The summed E-state index contributed by atoms with van der Waals surface area (Å²) in [6.07, 6.45) is -4.64. The Balaban J connectivity index is 2.89. The van der Waals surface area contributed by atoms with Crippen molar-refractivity contribution < 1.29 is 22.7 Å². The maximum atomic E-state index is 12.9. The minimum absolute atomic E-state index is 0.100. The van der Waals surface area contributed by atoms with E-state index in [1.807, 2.05) is 0 Å². The quantitative estimate of drug-likeness (QED) is 0.638. The molecule has 0 aromatic carbocycles. The fourth-order valence-electron chi connectivity index (χ4n) is 1.56. The predicted molar refractivity (Wildman–Crippen MR) is 74.3 cm³/mol. The molecule has 1 aromatic rings. The summed E-state index contributed by atoms with van der Waals surface area (Å²) in [7, 11) is 1.48. The van der Waals surface area contributed by atoms with E-state index >= 15 is 0 Å². The molecule has 0 spiro atoms. The van der Waals surface area contributed by atoms with Gasteiger partial charge < -0.3 is 10.1 Å². The summed E-state index contributed by atoms with van der Waals surface area (Å²) in [6.45, 7) is 2.04. The minimum Gasteiger partial charge on any atom is -0.383 e. The minimum atomic E-state index is -4.64. The summed E-state index contributed by atoms with van der Waals surface area (Å²) >= 11 is 0.796. The van der Waals surface area contributed by atoms with Gasteiger partial charge in [0.15, 0.2) is 0 Å². The number of carbonyl (C=O) groups is 1. The van der Waals surface area contributed by atoms with Crippen molar-refractivity contribution in [1.82, 2.24) is 10.3 Å². The van der Waals surface area contributed by atoms with Gasteiger partial charge in [-0.05, 0) is 13.0 Å². The smallest absolute Gasteiger partial charge is 0.383 e. The van der Waals surface area contributed by atoms with Crippen LogP contribution in [0.4, 0.5) is 13.2 Å². The van der Waals surface area contributed by atoms with Gasteiger partial charge >= 0.3 is 6.18 Å². The molecule has 0 aliphatic heterocycles. The van der Waals surface area contributed by atoms with Crippen molar-refractivity contribution >= 4 is 17.7 Å². The van der Waals surface area contributed by atoms with Crippen LogP contribution in [0.25, 0.3) is 0 Å². The number of nitrogens with one attached hydrogen (secondary N) is 1. The number of rotatable bonds is 6. The summed E-state index contributed by atoms with van der Waals surface area (Å²) in [5.41, 5.74) is -1.47. The summed E-state index contributed by atoms with van der Waals surface area (Å²) in [4.78, 5) is 15.5. The van der Waals surface area contributed by atoms with Crippen molar-refractivity contribution in [2.75, 3.05) is 26.0 Å². The summed E-state index contributed by atoms with van der Waals surface area (Å²) in [5.74, 6) is -0.505. The number of halogens is 3. The number of amides is 1. The fraction of sp³-hybridized carbons (Fsp3) is 0.462. The topological polar surface area (TPSA) is 75.0 Å². The summed E-state index contributed by atoms with van der Waals surface area (Å²) in [6, 6.07) is 2.34. The van der Waals surface area contributed by atoms with E-state index in [0.717, 1.165) is 17.8 Å². The highest BCUT2D eigenvalue weighted by atomic mass is 32.2. The molecule has 0 fully saturated rings. The molecular formula is C13H14F3N3O2S. The number of hydrogen-bond acceptors (Lipinski definition) is 5. The lowest BCUT2D eigenvalue weighted by atomic mass is 10.1. The van der Waals surface area contributed by atoms with E-state index < -0.39 is 17.3 Å².